The minimum Gasteiger partial charge on any atom is -0.478 e. The number of carboxylic acid groups (broad SMARTS) is 1. The number of carboxylic acids is 1. The zero-order valence-corrected chi connectivity index (χ0v) is 42.4. The standard InChI is InChI=1S/C36H56O9.C20H20O2S/c1-6-7-8-9-10-11-12-13-14-15-16-17-29(39)44-22-33(5)30-27-19-26(21-37)20-34(42)28(18-23(2)31(34)40)35(27,43)24(3)32(41)36(30,33)45-25(4)38;1-13(10-14-4-6-15(7-5-14)19(21)22)16-8-9-18-17(11-16)20(2,3)12-23-18/h18-19,24,27-28,30,32,37,41-43H,6-17,20-22H2,1-5H3;4-11H,12H2,1-3H3,(H,21,22)/b;13-10+/t24-,27+,28-,30-,32-,33?,34-,35-,36-;/m1./s1. The van der Waals surface area contributed by atoms with Crippen LogP contribution in [-0.2, 0) is 29.3 Å². The Kier molecular flexibility index (Phi) is 16.9. The smallest absolute Gasteiger partial charge is 0.335 e. The third-order valence-corrected chi connectivity index (χ3v) is 17.4. The van der Waals surface area contributed by atoms with Gasteiger partial charge in [0.2, 0.25) is 0 Å². The molecule has 5 N–H and O–H groups in total. The third-order valence-electron chi connectivity index (χ3n) is 15.9. The number of thioether (sulfide) groups is 1. The van der Waals surface area contributed by atoms with Gasteiger partial charge in [0.25, 0.3) is 0 Å². The topological polar surface area (TPSA) is 188 Å². The van der Waals surface area contributed by atoms with Gasteiger partial charge < -0.3 is 35.0 Å². The number of esters is 2. The highest BCUT2D eigenvalue weighted by Gasteiger charge is 2.88. The van der Waals surface area contributed by atoms with Crippen molar-refractivity contribution >= 4 is 47.1 Å². The van der Waals surface area contributed by atoms with Crippen LogP contribution in [-0.4, -0.2) is 91.1 Å². The highest BCUT2D eigenvalue weighted by molar-refractivity contribution is 7.99. The van der Waals surface area contributed by atoms with E-state index in [0.29, 0.717) is 16.7 Å². The van der Waals surface area contributed by atoms with Crippen molar-refractivity contribution in [1.29, 1.82) is 0 Å². The minimum absolute atomic E-state index is 0.136. The molecule has 1 unspecified atom stereocenters. The summed E-state index contributed by atoms with van der Waals surface area (Å²) < 4.78 is 11.7. The molecule has 0 saturated heterocycles. The van der Waals surface area contributed by atoms with E-state index >= 15 is 0 Å². The molecule has 0 amide bonds. The summed E-state index contributed by atoms with van der Waals surface area (Å²) >= 11 is 1.93. The lowest BCUT2D eigenvalue weighted by Gasteiger charge is -2.52. The molecule has 1 heterocycles. The van der Waals surface area contributed by atoms with E-state index in [0.717, 1.165) is 37.0 Å². The number of unbranched alkanes of at least 4 members (excludes halogenated alkanes) is 10. The molecular weight excluding hydrogens is 881 g/mol. The molecule has 7 rings (SSSR count). The van der Waals surface area contributed by atoms with Crippen LogP contribution in [0, 0.1) is 29.1 Å². The first-order valence-electron chi connectivity index (χ1n) is 24.9. The van der Waals surface area contributed by atoms with Crippen molar-refractivity contribution in [2.75, 3.05) is 19.0 Å². The van der Waals surface area contributed by atoms with Gasteiger partial charge in [0.15, 0.2) is 11.4 Å². The molecule has 0 bridgehead atoms. The molecule has 11 nitrogen and oxygen atoms in total. The Bertz CT molecular complexity index is 2280. The number of aliphatic hydroxyl groups excluding tert-OH is 2. The maximum atomic E-state index is 13.2. The van der Waals surface area contributed by atoms with Gasteiger partial charge in [-0.15, -0.1) is 11.8 Å². The van der Waals surface area contributed by atoms with Gasteiger partial charge in [0.05, 0.1) is 23.2 Å². The number of rotatable bonds is 19. The Labute approximate surface area is 407 Å². The van der Waals surface area contributed by atoms with E-state index in [1.807, 2.05) is 23.9 Å². The number of allylic oxidation sites excluding steroid dienone is 1. The molecule has 9 atom stereocenters. The maximum Gasteiger partial charge on any atom is 0.335 e. The highest BCUT2D eigenvalue weighted by atomic mass is 32.2. The Balaban J connectivity index is 0.000000276. The quantitative estimate of drug-likeness (QED) is 0.0389. The normalized spacial score (nSPS) is 30.9. The number of carbonyl (C=O) groups excluding carboxylic acids is 3. The zero-order valence-electron chi connectivity index (χ0n) is 41.6. The molecule has 0 aromatic heterocycles. The highest BCUT2D eigenvalue weighted by Crippen LogP contribution is 2.76. The van der Waals surface area contributed by atoms with Crippen molar-refractivity contribution in [3.05, 3.63) is 88.0 Å². The number of carbonyl (C=O) groups is 4. The van der Waals surface area contributed by atoms with Crippen molar-refractivity contribution < 1.29 is 54.2 Å². The summed E-state index contributed by atoms with van der Waals surface area (Å²) in [5, 5.41) is 55.2. The van der Waals surface area contributed by atoms with E-state index in [1.54, 1.807) is 45.1 Å². The van der Waals surface area contributed by atoms with Crippen molar-refractivity contribution in [1.82, 2.24) is 0 Å². The lowest BCUT2D eigenvalue weighted by Crippen LogP contribution is -2.65. The minimum atomic E-state index is -1.98. The predicted molar refractivity (Wildman–Crippen MR) is 266 cm³/mol. The van der Waals surface area contributed by atoms with Crippen LogP contribution in [0.15, 0.2) is 70.7 Å². The lowest BCUT2D eigenvalue weighted by atomic mass is 9.59. The van der Waals surface area contributed by atoms with Crippen LogP contribution < -0.4 is 0 Å². The molecule has 0 spiro atoms. The number of aliphatic hydroxyl groups is 4. The first-order chi connectivity index (χ1) is 32.1. The number of Topliss-reactive ketones (excluding diaryl/α,β-unsaturated/α-hetero) is 1. The monoisotopic (exact) mass is 957 g/mol. The van der Waals surface area contributed by atoms with Gasteiger partial charge >= 0.3 is 17.9 Å². The zero-order chi connectivity index (χ0) is 49.8. The summed E-state index contributed by atoms with van der Waals surface area (Å²) in [6.45, 7) is 14.6. The summed E-state index contributed by atoms with van der Waals surface area (Å²) in [5.41, 5.74) is -0.252. The third kappa shape index (κ3) is 10.4. The van der Waals surface area contributed by atoms with Gasteiger partial charge in [-0.3, -0.25) is 14.4 Å². The van der Waals surface area contributed by atoms with Gasteiger partial charge in [-0.1, -0.05) is 135 Å². The molecule has 372 valence electrons. The number of aromatic carboxylic acids is 1. The van der Waals surface area contributed by atoms with Crippen LogP contribution in [0.1, 0.15) is 166 Å². The van der Waals surface area contributed by atoms with Crippen molar-refractivity contribution in [3.63, 3.8) is 0 Å². The van der Waals surface area contributed by atoms with E-state index in [2.05, 4.69) is 52.0 Å². The first-order valence-corrected chi connectivity index (χ1v) is 25.9. The van der Waals surface area contributed by atoms with Crippen molar-refractivity contribution in [3.8, 4) is 0 Å². The van der Waals surface area contributed by atoms with E-state index in [1.165, 1.54) is 73.5 Å². The molecular formula is C56H76O11S. The van der Waals surface area contributed by atoms with Gasteiger partial charge in [-0.25, -0.2) is 4.79 Å². The Morgan fingerprint density at radius 2 is 1.47 bits per heavy atom. The first kappa shape index (κ1) is 53.3. The van der Waals surface area contributed by atoms with Gasteiger partial charge in [-0.2, -0.15) is 0 Å². The molecule has 0 radical (unpaired) electrons. The molecule has 2 saturated carbocycles. The second kappa shape index (κ2) is 21.5. The fourth-order valence-electron chi connectivity index (χ4n) is 12.0. The second-order valence-corrected chi connectivity index (χ2v) is 22.3. The van der Waals surface area contributed by atoms with Crippen LogP contribution in [0.5, 0.6) is 0 Å². The van der Waals surface area contributed by atoms with Gasteiger partial charge in [0.1, 0.15) is 18.3 Å². The fourth-order valence-corrected chi connectivity index (χ4v) is 13.3. The number of ketones is 1. The van der Waals surface area contributed by atoms with Crippen LogP contribution in [0.25, 0.3) is 11.6 Å². The SMILES string of the molecule is C/C(=C\c1ccc(C(=O)O)cc1)c1ccc2c(c1)C(C)(C)CS2.CCCCCCCCCCCCCC(=O)OCC1(C)[C@H]2[C@@H]3C=C(CO)C[C@]4(O)C(=O)C(C)=C[C@H]4[C@@]3(O)[C@H](C)[C@@H](O)[C@]21OC(C)=O. The van der Waals surface area contributed by atoms with Crippen molar-refractivity contribution in [2.45, 2.75) is 172 Å². The van der Waals surface area contributed by atoms with Gasteiger partial charge in [0, 0.05) is 59.5 Å². The summed E-state index contributed by atoms with van der Waals surface area (Å²) in [7, 11) is 0. The molecule has 2 aromatic carbocycles. The fraction of sp³-hybridized carbons (Fsp3) is 0.607. The predicted octanol–water partition coefficient (Wildman–Crippen LogP) is 10.1. The van der Waals surface area contributed by atoms with E-state index in [4.69, 9.17) is 14.6 Å². The van der Waals surface area contributed by atoms with Crippen molar-refractivity contribution in [2.24, 2.45) is 29.1 Å². The van der Waals surface area contributed by atoms with Crippen LogP contribution in [0.3, 0.4) is 0 Å². The molecule has 68 heavy (non-hydrogen) atoms. The van der Waals surface area contributed by atoms with E-state index < -0.39 is 76.3 Å². The number of benzene rings is 2. The Morgan fingerprint density at radius 3 is 2.06 bits per heavy atom. The Hall–Kier alpha value is -4.07. The largest absolute Gasteiger partial charge is 0.478 e. The van der Waals surface area contributed by atoms with Gasteiger partial charge in [-0.05, 0) is 77.9 Å². The molecule has 1 aliphatic heterocycles. The second-order valence-electron chi connectivity index (χ2n) is 21.3. The number of fused-ring (bicyclic) bond motifs is 6. The average molecular weight is 957 g/mol. The summed E-state index contributed by atoms with van der Waals surface area (Å²) in [6, 6.07) is 13.7. The van der Waals surface area contributed by atoms with E-state index in [-0.39, 0.29) is 30.8 Å². The number of hydrogen-bond acceptors (Lipinski definition) is 11. The molecule has 12 heteroatoms. The molecule has 2 aromatic rings. The molecule has 2 fully saturated rings. The maximum absolute atomic E-state index is 13.2. The molecule has 4 aliphatic carbocycles. The number of hydrogen-bond donors (Lipinski definition) is 5. The van der Waals surface area contributed by atoms with E-state index in [9.17, 15) is 39.6 Å². The summed E-state index contributed by atoms with van der Waals surface area (Å²) in [6.07, 6.45) is 16.9. The Morgan fingerprint density at radius 1 is 0.868 bits per heavy atom. The van der Waals surface area contributed by atoms with Crippen LogP contribution in [0.2, 0.25) is 0 Å². The van der Waals surface area contributed by atoms with Crippen LogP contribution in [0.4, 0.5) is 0 Å². The average Bonchev–Trinajstić information content (AvgIpc) is 3.58. The van der Waals surface area contributed by atoms with Crippen LogP contribution >= 0.6 is 11.8 Å². The molecule has 5 aliphatic rings. The summed E-state index contributed by atoms with van der Waals surface area (Å²) in [5.74, 6) is -4.79. The summed E-state index contributed by atoms with van der Waals surface area (Å²) in [4.78, 5) is 50.8. The number of ether oxygens (including phenoxy) is 2. The lowest BCUT2D eigenvalue weighted by molar-refractivity contribution is -0.219.